The molecule has 0 aliphatic carbocycles. The quantitative estimate of drug-likeness (QED) is 0.331. The summed E-state index contributed by atoms with van der Waals surface area (Å²) in [5, 5.41) is 19.1. The molecule has 1 fully saturated rings. The molecule has 1 aliphatic rings. The molecule has 0 saturated carbocycles. The van der Waals surface area contributed by atoms with Gasteiger partial charge in [0.2, 0.25) is 15.9 Å². The second-order valence-electron chi connectivity index (χ2n) is 7.98. The molecule has 3 aromatic rings. The molecule has 0 radical (unpaired) electrons. The van der Waals surface area contributed by atoms with Crippen molar-refractivity contribution in [2.75, 3.05) is 11.4 Å². The van der Waals surface area contributed by atoms with Crippen LogP contribution in [0.5, 0.6) is 0 Å². The Balaban J connectivity index is 1.46. The number of sulfonamides is 1. The SMILES string of the molecule is NS(=O)(=O)c1ccc(CCN/C(=N\c2ccccc2)SC2CC(O)N(c3ccccc3)C2=O)cc1. The molecule has 1 amide bonds. The van der Waals surface area contributed by atoms with Gasteiger partial charge < -0.3 is 10.4 Å². The number of hydrogen-bond donors (Lipinski definition) is 3. The number of carbonyl (C=O) groups excluding carboxylic acids is 1. The molecular formula is C25H26N4O4S2. The smallest absolute Gasteiger partial charge is 0.242 e. The van der Waals surface area contributed by atoms with Crippen LogP contribution >= 0.6 is 11.8 Å². The van der Waals surface area contributed by atoms with E-state index in [2.05, 4.69) is 10.3 Å². The number of nitrogens with one attached hydrogen (secondary N) is 1. The third-order valence-electron chi connectivity index (χ3n) is 5.45. The number of benzene rings is 3. The minimum Gasteiger partial charge on any atom is -0.373 e. The number of nitrogens with zero attached hydrogens (tertiary/aromatic N) is 2. The van der Waals surface area contributed by atoms with Crippen molar-refractivity contribution in [1.82, 2.24) is 5.32 Å². The summed E-state index contributed by atoms with van der Waals surface area (Å²) in [7, 11) is -3.73. The summed E-state index contributed by atoms with van der Waals surface area (Å²) >= 11 is 1.29. The predicted octanol–water partition coefficient (Wildman–Crippen LogP) is 3.01. The van der Waals surface area contributed by atoms with E-state index in [9.17, 15) is 18.3 Å². The van der Waals surface area contributed by atoms with Crippen molar-refractivity contribution in [3.63, 3.8) is 0 Å². The molecule has 1 aliphatic heterocycles. The van der Waals surface area contributed by atoms with Crippen LogP contribution in [0, 0.1) is 0 Å². The number of amides is 1. The highest BCUT2D eigenvalue weighted by Crippen LogP contribution is 2.32. The van der Waals surface area contributed by atoms with Crippen LogP contribution in [0.1, 0.15) is 12.0 Å². The summed E-state index contributed by atoms with van der Waals surface area (Å²) in [4.78, 5) is 19.3. The predicted molar refractivity (Wildman–Crippen MR) is 139 cm³/mol. The number of nitrogens with two attached hydrogens (primary N) is 1. The molecule has 1 heterocycles. The molecule has 1 saturated heterocycles. The van der Waals surface area contributed by atoms with Crippen molar-refractivity contribution < 1.29 is 18.3 Å². The van der Waals surface area contributed by atoms with Crippen molar-refractivity contribution in [3.8, 4) is 0 Å². The summed E-state index contributed by atoms with van der Waals surface area (Å²) < 4.78 is 22.9. The summed E-state index contributed by atoms with van der Waals surface area (Å²) in [5.41, 5.74) is 2.33. The lowest BCUT2D eigenvalue weighted by Crippen LogP contribution is -2.34. The minimum absolute atomic E-state index is 0.0670. The first kappa shape index (κ1) is 24.9. The fraction of sp³-hybridized carbons (Fsp3) is 0.200. The Labute approximate surface area is 208 Å². The fourth-order valence-corrected chi connectivity index (χ4v) is 5.32. The lowest BCUT2D eigenvalue weighted by atomic mass is 10.1. The van der Waals surface area contributed by atoms with E-state index in [4.69, 9.17) is 5.14 Å². The molecule has 4 N–H and O–H groups in total. The average molecular weight is 511 g/mol. The maximum absolute atomic E-state index is 13.1. The number of amidine groups is 1. The van der Waals surface area contributed by atoms with Crippen molar-refractivity contribution in [2.45, 2.75) is 29.2 Å². The molecule has 35 heavy (non-hydrogen) atoms. The lowest BCUT2D eigenvalue weighted by Gasteiger charge is -2.20. The number of rotatable bonds is 7. The van der Waals surface area contributed by atoms with Gasteiger partial charge in [0.15, 0.2) is 5.17 Å². The summed E-state index contributed by atoms with van der Waals surface area (Å²) in [5.74, 6) is -0.171. The molecular weight excluding hydrogens is 484 g/mol. The minimum atomic E-state index is -3.73. The maximum atomic E-state index is 13.1. The zero-order chi connectivity index (χ0) is 24.8. The van der Waals surface area contributed by atoms with Gasteiger partial charge in [0.1, 0.15) is 6.23 Å². The second-order valence-corrected chi connectivity index (χ2v) is 10.7. The van der Waals surface area contributed by atoms with Crippen LogP contribution in [-0.4, -0.2) is 42.6 Å². The van der Waals surface area contributed by atoms with Gasteiger partial charge in [-0.25, -0.2) is 18.5 Å². The monoisotopic (exact) mass is 510 g/mol. The van der Waals surface area contributed by atoms with Gasteiger partial charge in [-0.2, -0.15) is 0 Å². The van der Waals surface area contributed by atoms with Crippen LogP contribution in [0.25, 0.3) is 0 Å². The van der Waals surface area contributed by atoms with Crippen LogP contribution in [-0.2, 0) is 21.2 Å². The summed E-state index contributed by atoms with van der Waals surface area (Å²) in [6.07, 6.45) is -0.0164. The molecule has 0 spiro atoms. The first-order chi connectivity index (χ1) is 16.8. The van der Waals surface area contributed by atoms with E-state index < -0.39 is 21.5 Å². The molecule has 4 rings (SSSR count). The number of carbonyl (C=O) groups is 1. The second kappa shape index (κ2) is 11.0. The van der Waals surface area contributed by atoms with Gasteiger partial charge in [0, 0.05) is 18.7 Å². The standard InChI is InChI=1S/C25H26N4O4S2/c26-35(32,33)21-13-11-18(12-14-21)15-16-27-25(28-19-7-3-1-4-8-19)34-22-17-23(30)29(24(22)31)20-9-5-2-6-10-20/h1-14,22-23,30H,15-17H2,(H,27,28)(H2,26,32,33). The fourth-order valence-electron chi connectivity index (χ4n) is 3.71. The number of primary sulfonamides is 1. The Morgan fingerprint density at radius 1 is 1.03 bits per heavy atom. The van der Waals surface area contributed by atoms with E-state index in [1.807, 2.05) is 48.5 Å². The van der Waals surface area contributed by atoms with Gasteiger partial charge in [-0.05, 0) is 48.4 Å². The molecule has 0 aromatic heterocycles. The summed E-state index contributed by atoms with van der Waals surface area (Å²) in [6.45, 7) is 0.513. The number of thioether (sulfide) groups is 1. The van der Waals surface area contributed by atoms with Crippen LogP contribution in [0.3, 0.4) is 0 Å². The third kappa shape index (κ3) is 6.49. The van der Waals surface area contributed by atoms with E-state index >= 15 is 0 Å². The van der Waals surface area contributed by atoms with Crippen molar-refractivity contribution in [2.24, 2.45) is 10.1 Å². The van der Waals surface area contributed by atoms with Crippen molar-refractivity contribution in [3.05, 3.63) is 90.5 Å². The largest absolute Gasteiger partial charge is 0.373 e. The third-order valence-corrected chi connectivity index (χ3v) is 7.52. The number of aliphatic imine (C=N–C) groups is 1. The van der Waals surface area contributed by atoms with Crippen LogP contribution in [0.15, 0.2) is 94.8 Å². The Bertz CT molecular complexity index is 1280. The Kier molecular flexibility index (Phi) is 7.86. The highest BCUT2D eigenvalue weighted by Gasteiger charge is 2.40. The Morgan fingerprint density at radius 3 is 2.29 bits per heavy atom. The van der Waals surface area contributed by atoms with Crippen LogP contribution < -0.4 is 15.4 Å². The lowest BCUT2D eigenvalue weighted by molar-refractivity contribution is -0.117. The van der Waals surface area contributed by atoms with Gasteiger partial charge in [-0.1, -0.05) is 60.3 Å². The Morgan fingerprint density at radius 2 is 1.66 bits per heavy atom. The van der Waals surface area contributed by atoms with Crippen molar-refractivity contribution in [1.29, 1.82) is 0 Å². The Hall–Kier alpha value is -3.18. The van der Waals surface area contributed by atoms with Gasteiger partial charge >= 0.3 is 0 Å². The van der Waals surface area contributed by atoms with E-state index in [1.165, 1.54) is 28.8 Å². The first-order valence-corrected chi connectivity index (χ1v) is 13.5. The number of anilines is 1. The topological polar surface area (TPSA) is 125 Å². The van der Waals surface area contributed by atoms with Crippen LogP contribution in [0.2, 0.25) is 0 Å². The normalized spacial score (nSPS) is 18.6. The number of para-hydroxylation sites is 2. The summed E-state index contributed by atoms with van der Waals surface area (Å²) in [6, 6.07) is 24.9. The number of hydrogen-bond acceptors (Lipinski definition) is 6. The average Bonchev–Trinajstić information content (AvgIpc) is 3.12. The van der Waals surface area contributed by atoms with Crippen LogP contribution in [0.4, 0.5) is 11.4 Å². The van der Waals surface area contributed by atoms with E-state index in [0.29, 0.717) is 23.8 Å². The highest BCUT2D eigenvalue weighted by molar-refractivity contribution is 8.15. The molecule has 8 nitrogen and oxygen atoms in total. The molecule has 10 heteroatoms. The molecule has 3 aromatic carbocycles. The molecule has 2 unspecified atom stereocenters. The first-order valence-electron chi connectivity index (χ1n) is 11.0. The zero-order valence-corrected chi connectivity index (χ0v) is 20.5. The van der Waals surface area contributed by atoms with Crippen molar-refractivity contribution >= 4 is 44.2 Å². The molecule has 2 atom stereocenters. The van der Waals surface area contributed by atoms with E-state index in [0.717, 1.165) is 11.3 Å². The van der Waals surface area contributed by atoms with E-state index in [-0.39, 0.29) is 17.2 Å². The van der Waals surface area contributed by atoms with Gasteiger partial charge in [0.05, 0.1) is 15.8 Å². The van der Waals surface area contributed by atoms with Gasteiger partial charge in [-0.3, -0.25) is 9.69 Å². The highest BCUT2D eigenvalue weighted by atomic mass is 32.2. The van der Waals surface area contributed by atoms with E-state index in [1.54, 1.807) is 24.3 Å². The molecule has 0 bridgehead atoms. The molecule has 182 valence electrons. The van der Waals surface area contributed by atoms with Gasteiger partial charge in [0.25, 0.3) is 0 Å². The maximum Gasteiger partial charge on any atom is 0.242 e. The number of aliphatic hydroxyl groups is 1. The van der Waals surface area contributed by atoms with Gasteiger partial charge in [-0.15, -0.1) is 0 Å². The zero-order valence-electron chi connectivity index (χ0n) is 18.8. The number of aliphatic hydroxyl groups excluding tert-OH is 1.